The minimum absolute atomic E-state index is 0.136. The van der Waals surface area contributed by atoms with E-state index >= 15 is 0 Å². The van der Waals surface area contributed by atoms with Crippen LogP contribution in [0.3, 0.4) is 0 Å². The fraction of sp³-hybridized carbons (Fsp3) is 0.188. The van der Waals surface area contributed by atoms with E-state index in [0.29, 0.717) is 0 Å². The molecule has 0 fully saturated rings. The molecule has 2 aromatic carbocycles. The standard InChI is InChI=1S/C16H14O8/c1-23-16(22)14(21)13-11(20)5-8(17)6-12(13)24-15(16)7-2-3-9(18)10(19)4-7/h2-6,15,17-20,22H,1H3/t15-,16+/m1/s1. The minimum Gasteiger partial charge on any atom is -0.508 e. The van der Waals surface area contributed by atoms with E-state index < -0.39 is 34.9 Å². The summed E-state index contributed by atoms with van der Waals surface area (Å²) in [6.45, 7) is 0. The predicted octanol–water partition coefficient (Wildman–Crippen LogP) is 1.16. The van der Waals surface area contributed by atoms with E-state index in [0.717, 1.165) is 31.4 Å². The first-order chi connectivity index (χ1) is 11.3. The van der Waals surface area contributed by atoms with Crippen LogP contribution in [0.15, 0.2) is 30.3 Å². The van der Waals surface area contributed by atoms with Gasteiger partial charge in [0.15, 0.2) is 17.6 Å². The monoisotopic (exact) mass is 334 g/mol. The van der Waals surface area contributed by atoms with Gasteiger partial charge in [0.2, 0.25) is 5.78 Å². The van der Waals surface area contributed by atoms with Gasteiger partial charge in [-0.1, -0.05) is 6.07 Å². The zero-order chi connectivity index (χ0) is 17.6. The van der Waals surface area contributed by atoms with Crippen molar-refractivity contribution in [1.82, 2.24) is 0 Å². The van der Waals surface area contributed by atoms with Crippen molar-refractivity contribution in [3.63, 3.8) is 0 Å². The van der Waals surface area contributed by atoms with Crippen molar-refractivity contribution < 1.29 is 39.8 Å². The zero-order valence-electron chi connectivity index (χ0n) is 12.4. The van der Waals surface area contributed by atoms with Gasteiger partial charge in [0.05, 0.1) is 0 Å². The number of carbonyl (C=O) groups excluding carboxylic acids is 1. The summed E-state index contributed by atoms with van der Waals surface area (Å²) in [6.07, 6.45) is -1.41. The minimum atomic E-state index is -2.48. The van der Waals surface area contributed by atoms with Crippen molar-refractivity contribution in [1.29, 1.82) is 0 Å². The van der Waals surface area contributed by atoms with Crippen LogP contribution in [0.5, 0.6) is 28.7 Å². The first kappa shape index (κ1) is 15.9. The zero-order valence-corrected chi connectivity index (χ0v) is 12.4. The van der Waals surface area contributed by atoms with Gasteiger partial charge in [-0.15, -0.1) is 0 Å². The highest BCUT2D eigenvalue weighted by Crippen LogP contribution is 2.47. The molecule has 0 aliphatic carbocycles. The number of carbonyl (C=O) groups is 1. The Labute approximate surface area is 135 Å². The predicted molar refractivity (Wildman–Crippen MR) is 79.2 cm³/mol. The Morgan fingerprint density at radius 1 is 1.04 bits per heavy atom. The number of fused-ring (bicyclic) bond motifs is 1. The average Bonchev–Trinajstić information content (AvgIpc) is 2.53. The van der Waals surface area contributed by atoms with Crippen molar-refractivity contribution in [2.24, 2.45) is 0 Å². The number of rotatable bonds is 2. The molecule has 2 aromatic rings. The average molecular weight is 334 g/mol. The van der Waals surface area contributed by atoms with E-state index in [1.807, 2.05) is 0 Å². The summed E-state index contributed by atoms with van der Waals surface area (Å²) < 4.78 is 10.5. The Morgan fingerprint density at radius 2 is 1.75 bits per heavy atom. The van der Waals surface area contributed by atoms with Crippen LogP contribution in [0, 0.1) is 0 Å². The van der Waals surface area contributed by atoms with Crippen molar-refractivity contribution in [3.8, 4) is 28.7 Å². The third kappa shape index (κ3) is 2.20. The summed E-state index contributed by atoms with van der Waals surface area (Å²) in [4.78, 5) is 12.6. The molecule has 8 heteroatoms. The van der Waals surface area contributed by atoms with Gasteiger partial charge in [0.1, 0.15) is 22.8 Å². The molecule has 0 unspecified atom stereocenters. The number of phenolic OH excluding ortho intramolecular Hbond substituents is 4. The fourth-order valence-electron chi connectivity index (χ4n) is 2.61. The lowest BCUT2D eigenvalue weighted by Crippen LogP contribution is -2.51. The highest BCUT2D eigenvalue weighted by atomic mass is 16.7. The molecule has 0 bridgehead atoms. The topological polar surface area (TPSA) is 137 Å². The normalized spacial score (nSPS) is 22.8. The third-order valence-corrected chi connectivity index (χ3v) is 3.83. The Kier molecular flexibility index (Phi) is 3.51. The van der Waals surface area contributed by atoms with Gasteiger partial charge in [-0.3, -0.25) is 4.79 Å². The van der Waals surface area contributed by atoms with Crippen molar-refractivity contribution in [2.75, 3.05) is 7.11 Å². The summed E-state index contributed by atoms with van der Waals surface area (Å²) in [7, 11) is 1.08. The molecule has 0 spiro atoms. The largest absolute Gasteiger partial charge is 0.508 e. The molecular weight excluding hydrogens is 320 g/mol. The molecule has 1 heterocycles. The number of aromatic hydroxyl groups is 4. The van der Waals surface area contributed by atoms with Crippen molar-refractivity contribution >= 4 is 5.78 Å². The van der Waals surface area contributed by atoms with Gasteiger partial charge < -0.3 is 35.0 Å². The van der Waals surface area contributed by atoms with Gasteiger partial charge in [0, 0.05) is 24.8 Å². The number of methoxy groups -OCH3 is 1. The van der Waals surface area contributed by atoms with E-state index in [1.165, 1.54) is 6.07 Å². The molecule has 8 nitrogen and oxygen atoms in total. The molecule has 2 atom stereocenters. The van der Waals surface area contributed by atoms with E-state index in [4.69, 9.17) is 9.47 Å². The lowest BCUT2D eigenvalue weighted by atomic mass is 9.89. The van der Waals surface area contributed by atoms with E-state index in [9.17, 15) is 30.3 Å². The van der Waals surface area contributed by atoms with Crippen LogP contribution < -0.4 is 4.74 Å². The summed E-state index contributed by atoms with van der Waals surface area (Å²) in [5, 5.41) is 49.1. The second kappa shape index (κ2) is 5.29. The van der Waals surface area contributed by atoms with Crippen LogP contribution in [0.1, 0.15) is 22.0 Å². The van der Waals surface area contributed by atoms with E-state index in [2.05, 4.69) is 0 Å². The molecule has 0 saturated heterocycles. The second-order valence-electron chi connectivity index (χ2n) is 5.31. The Hall–Kier alpha value is -2.97. The van der Waals surface area contributed by atoms with Gasteiger partial charge in [-0.2, -0.15) is 0 Å². The van der Waals surface area contributed by atoms with Gasteiger partial charge in [0.25, 0.3) is 5.79 Å². The first-order valence-corrected chi connectivity index (χ1v) is 6.84. The third-order valence-electron chi connectivity index (χ3n) is 3.83. The molecule has 3 rings (SSSR count). The SMILES string of the molecule is CO[C@@]1(O)C(=O)c2c(O)cc(O)cc2O[C@@H]1c1ccc(O)c(O)c1. The molecule has 0 amide bonds. The molecule has 0 aromatic heterocycles. The lowest BCUT2D eigenvalue weighted by molar-refractivity contribution is -0.205. The number of ether oxygens (including phenoxy) is 2. The van der Waals surface area contributed by atoms with Crippen molar-refractivity contribution in [3.05, 3.63) is 41.5 Å². The highest BCUT2D eigenvalue weighted by Gasteiger charge is 2.53. The van der Waals surface area contributed by atoms with Gasteiger partial charge in [-0.05, 0) is 12.1 Å². The van der Waals surface area contributed by atoms with Crippen LogP contribution in [-0.4, -0.2) is 44.2 Å². The highest BCUT2D eigenvalue weighted by molar-refractivity contribution is 6.07. The molecule has 5 N–H and O–H groups in total. The lowest BCUT2D eigenvalue weighted by Gasteiger charge is -2.38. The summed E-state index contributed by atoms with van der Waals surface area (Å²) in [5.41, 5.74) is -0.201. The fourth-order valence-corrected chi connectivity index (χ4v) is 2.61. The molecule has 1 aliphatic rings. The Morgan fingerprint density at radius 3 is 2.38 bits per heavy atom. The molecule has 24 heavy (non-hydrogen) atoms. The molecule has 0 radical (unpaired) electrons. The maximum atomic E-state index is 12.6. The first-order valence-electron chi connectivity index (χ1n) is 6.84. The smallest absolute Gasteiger partial charge is 0.274 e. The van der Waals surface area contributed by atoms with Crippen LogP contribution in [0.25, 0.3) is 0 Å². The van der Waals surface area contributed by atoms with Gasteiger partial charge in [-0.25, -0.2) is 0 Å². The number of hydrogen-bond acceptors (Lipinski definition) is 8. The number of Topliss-reactive ketones (excluding diaryl/α,β-unsaturated/α-hetero) is 1. The number of aliphatic hydroxyl groups is 1. The van der Waals surface area contributed by atoms with Crippen LogP contribution in [0.4, 0.5) is 0 Å². The number of ketones is 1. The molecule has 126 valence electrons. The maximum Gasteiger partial charge on any atom is 0.274 e. The Balaban J connectivity index is 2.19. The molecule has 1 aliphatic heterocycles. The summed E-state index contributed by atoms with van der Waals surface area (Å²) in [6, 6.07) is 5.62. The van der Waals surface area contributed by atoms with Crippen molar-refractivity contribution in [2.45, 2.75) is 11.9 Å². The van der Waals surface area contributed by atoms with Crippen LogP contribution in [-0.2, 0) is 4.74 Å². The summed E-state index contributed by atoms with van der Waals surface area (Å²) in [5.74, 6) is -5.39. The summed E-state index contributed by atoms with van der Waals surface area (Å²) >= 11 is 0. The van der Waals surface area contributed by atoms with E-state index in [-0.39, 0.29) is 22.6 Å². The quantitative estimate of drug-likeness (QED) is 0.408. The molecule has 0 saturated carbocycles. The molecular formula is C16H14O8. The number of phenols is 4. The van der Waals surface area contributed by atoms with Gasteiger partial charge >= 0.3 is 0 Å². The maximum absolute atomic E-state index is 12.6. The number of hydrogen-bond donors (Lipinski definition) is 5. The second-order valence-corrected chi connectivity index (χ2v) is 5.31. The van der Waals surface area contributed by atoms with Crippen LogP contribution in [0.2, 0.25) is 0 Å². The van der Waals surface area contributed by atoms with E-state index in [1.54, 1.807) is 0 Å². The Bertz CT molecular complexity index is 831. The van der Waals surface area contributed by atoms with Crippen LogP contribution >= 0.6 is 0 Å². The number of benzene rings is 2.